The summed E-state index contributed by atoms with van der Waals surface area (Å²) in [6.07, 6.45) is -9.37. The van der Waals surface area contributed by atoms with Gasteiger partial charge in [0.25, 0.3) is 0 Å². The molecular weight excluding hydrogens is 334 g/mol. The van der Waals surface area contributed by atoms with Gasteiger partial charge in [-0.25, -0.2) is 0 Å². The summed E-state index contributed by atoms with van der Waals surface area (Å²) in [6, 6.07) is 5.96. The van der Waals surface area contributed by atoms with Crippen LogP contribution in [0, 0.1) is 0 Å². The van der Waals surface area contributed by atoms with Crippen molar-refractivity contribution in [3.63, 3.8) is 0 Å². The van der Waals surface area contributed by atoms with Crippen molar-refractivity contribution in [2.75, 3.05) is 0 Å². The SMILES string of the molecule is N[C@@H](c1ccccc1C(F)(F)F)[C@@H](N)c1ccccc1C(F)(F)F. The van der Waals surface area contributed by atoms with E-state index in [4.69, 9.17) is 11.5 Å². The van der Waals surface area contributed by atoms with Crippen LogP contribution >= 0.6 is 0 Å². The van der Waals surface area contributed by atoms with Crippen molar-refractivity contribution in [1.82, 2.24) is 0 Å². The molecule has 0 bridgehead atoms. The van der Waals surface area contributed by atoms with Crippen molar-refractivity contribution < 1.29 is 26.3 Å². The Bertz CT molecular complexity index is 647. The molecule has 0 saturated carbocycles. The second kappa shape index (κ2) is 6.45. The Kier molecular flexibility index (Phi) is 4.91. The molecule has 2 aromatic rings. The van der Waals surface area contributed by atoms with E-state index >= 15 is 0 Å². The molecule has 2 aromatic carbocycles. The fraction of sp³-hybridized carbons (Fsp3) is 0.250. The highest BCUT2D eigenvalue weighted by molar-refractivity contribution is 5.38. The molecule has 2 atom stereocenters. The first-order valence-corrected chi connectivity index (χ1v) is 6.87. The van der Waals surface area contributed by atoms with Crippen LogP contribution in [0.1, 0.15) is 34.3 Å². The molecular formula is C16H14F6N2. The molecule has 4 N–H and O–H groups in total. The Morgan fingerprint density at radius 3 is 1.17 bits per heavy atom. The summed E-state index contributed by atoms with van der Waals surface area (Å²) < 4.78 is 78.4. The zero-order valence-corrected chi connectivity index (χ0v) is 12.2. The van der Waals surface area contributed by atoms with Crippen molar-refractivity contribution in [3.8, 4) is 0 Å². The summed E-state index contributed by atoms with van der Waals surface area (Å²) in [7, 11) is 0. The highest BCUT2D eigenvalue weighted by Crippen LogP contribution is 2.40. The smallest absolute Gasteiger partial charge is 0.322 e. The third-order valence-electron chi connectivity index (χ3n) is 3.64. The maximum atomic E-state index is 13.1. The van der Waals surface area contributed by atoms with E-state index in [-0.39, 0.29) is 11.1 Å². The molecule has 0 radical (unpaired) electrons. The second-order valence-corrected chi connectivity index (χ2v) is 5.22. The van der Waals surface area contributed by atoms with Crippen LogP contribution < -0.4 is 11.5 Å². The quantitative estimate of drug-likeness (QED) is 0.807. The molecule has 0 aliphatic carbocycles. The van der Waals surface area contributed by atoms with E-state index in [0.717, 1.165) is 24.3 Å². The summed E-state index contributed by atoms with van der Waals surface area (Å²) in [5.74, 6) is 0. The van der Waals surface area contributed by atoms with E-state index in [9.17, 15) is 26.3 Å². The second-order valence-electron chi connectivity index (χ2n) is 5.22. The average Bonchev–Trinajstić information content (AvgIpc) is 2.52. The molecule has 8 heteroatoms. The van der Waals surface area contributed by atoms with Crippen molar-refractivity contribution in [3.05, 3.63) is 70.8 Å². The number of benzene rings is 2. The number of nitrogens with two attached hydrogens (primary N) is 2. The van der Waals surface area contributed by atoms with E-state index in [1.54, 1.807) is 0 Å². The highest BCUT2D eigenvalue weighted by atomic mass is 19.4. The topological polar surface area (TPSA) is 52.0 Å². The van der Waals surface area contributed by atoms with Gasteiger partial charge in [0, 0.05) is 12.1 Å². The van der Waals surface area contributed by atoms with Crippen molar-refractivity contribution in [1.29, 1.82) is 0 Å². The lowest BCUT2D eigenvalue weighted by atomic mass is 9.89. The molecule has 24 heavy (non-hydrogen) atoms. The Morgan fingerprint density at radius 2 is 0.875 bits per heavy atom. The van der Waals surface area contributed by atoms with Gasteiger partial charge < -0.3 is 11.5 Å². The number of hydrogen-bond acceptors (Lipinski definition) is 2. The fourth-order valence-corrected chi connectivity index (χ4v) is 2.48. The maximum Gasteiger partial charge on any atom is 0.416 e. The molecule has 2 nitrogen and oxygen atoms in total. The van der Waals surface area contributed by atoms with Crippen molar-refractivity contribution in [2.45, 2.75) is 24.4 Å². The lowest BCUT2D eigenvalue weighted by molar-refractivity contribution is -0.139. The molecule has 130 valence electrons. The van der Waals surface area contributed by atoms with E-state index < -0.39 is 35.6 Å². The molecule has 0 amide bonds. The molecule has 0 heterocycles. The van der Waals surface area contributed by atoms with Gasteiger partial charge in [-0.3, -0.25) is 0 Å². The monoisotopic (exact) mass is 348 g/mol. The van der Waals surface area contributed by atoms with Crippen molar-refractivity contribution >= 4 is 0 Å². The summed E-state index contributed by atoms with van der Waals surface area (Å²) >= 11 is 0. The van der Waals surface area contributed by atoms with Gasteiger partial charge in [0.1, 0.15) is 0 Å². The lowest BCUT2D eigenvalue weighted by Crippen LogP contribution is -2.30. The predicted octanol–water partition coefficient (Wildman–Crippen LogP) is 4.42. The van der Waals surface area contributed by atoms with Crippen LogP contribution in [-0.4, -0.2) is 0 Å². The van der Waals surface area contributed by atoms with Gasteiger partial charge in [-0.05, 0) is 23.3 Å². The Hall–Kier alpha value is -2.06. The summed E-state index contributed by atoms with van der Waals surface area (Å²) in [4.78, 5) is 0. The van der Waals surface area contributed by atoms with Crippen molar-refractivity contribution in [2.24, 2.45) is 11.5 Å². The van der Waals surface area contributed by atoms with Crippen LogP contribution in [0.4, 0.5) is 26.3 Å². The first kappa shape index (κ1) is 18.3. The van der Waals surface area contributed by atoms with E-state index in [1.807, 2.05) is 0 Å². The first-order chi connectivity index (χ1) is 11.0. The van der Waals surface area contributed by atoms with Gasteiger partial charge in [-0.15, -0.1) is 0 Å². The van der Waals surface area contributed by atoms with Crippen LogP contribution in [0.15, 0.2) is 48.5 Å². The molecule has 0 saturated heterocycles. The number of rotatable bonds is 3. The molecule has 0 fully saturated rings. The summed E-state index contributed by atoms with van der Waals surface area (Å²) in [6.45, 7) is 0. The molecule has 2 rings (SSSR count). The van der Waals surface area contributed by atoms with E-state index in [1.165, 1.54) is 24.3 Å². The fourth-order valence-electron chi connectivity index (χ4n) is 2.48. The van der Waals surface area contributed by atoms with Gasteiger partial charge in [-0.1, -0.05) is 36.4 Å². The third kappa shape index (κ3) is 3.70. The van der Waals surface area contributed by atoms with Gasteiger partial charge in [0.15, 0.2) is 0 Å². The van der Waals surface area contributed by atoms with Gasteiger partial charge in [-0.2, -0.15) is 26.3 Å². The molecule has 0 unspecified atom stereocenters. The molecule has 0 aliphatic heterocycles. The van der Waals surface area contributed by atoms with Crippen LogP contribution in [0.3, 0.4) is 0 Å². The Labute approximate surface area is 134 Å². The number of halogens is 6. The highest BCUT2D eigenvalue weighted by Gasteiger charge is 2.38. The minimum Gasteiger partial charge on any atom is -0.322 e. The largest absolute Gasteiger partial charge is 0.416 e. The van der Waals surface area contributed by atoms with E-state index in [0.29, 0.717) is 0 Å². The van der Waals surface area contributed by atoms with Crippen LogP contribution in [0.25, 0.3) is 0 Å². The summed E-state index contributed by atoms with van der Waals surface area (Å²) in [5, 5.41) is 0. The lowest BCUT2D eigenvalue weighted by Gasteiger charge is -2.26. The zero-order chi connectivity index (χ0) is 18.1. The van der Waals surface area contributed by atoms with Gasteiger partial charge in [0.2, 0.25) is 0 Å². The van der Waals surface area contributed by atoms with Gasteiger partial charge >= 0.3 is 12.4 Å². The third-order valence-corrected chi connectivity index (χ3v) is 3.64. The molecule has 0 spiro atoms. The number of hydrogen-bond donors (Lipinski definition) is 2. The number of alkyl halides is 6. The first-order valence-electron chi connectivity index (χ1n) is 6.87. The maximum absolute atomic E-state index is 13.1. The van der Waals surface area contributed by atoms with Crippen LogP contribution in [0.2, 0.25) is 0 Å². The average molecular weight is 348 g/mol. The van der Waals surface area contributed by atoms with Crippen LogP contribution in [-0.2, 0) is 12.4 Å². The Morgan fingerprint density at radius 1 is 0.583 bits per heavy atom. The molecule has 0 aliphatic rings. The Balaban J connectivity index is 2.48. The predicted molar refractivity (Wildman–Crippen MR) is 76.7 cm³/mol. The minimum absolute atomic E-state index is 0.352. The zero-order valence-electron chi connectivity index (χ0n) is 12.2. The standard InChI is InChI=1S/C16H14F6N2/c17-15(18,19)11-7-3-1-5-9(11)13(23)14(24)10-6-2-4-8-12(10)16(20,21)22/h1-8,13-14H,23-24H2/t13-,14-/m0/s1. The minimum atomic E-state index is -4.68. The molecule has 0 aromatic heterocycles. The van der Waals surface area contributed by atoms with Gasteiger partial charge in [0.05, 0.1) is 11.1 Å². The van der Waals surface area contributed by atoms with E-state index in [2.05, 4.69) is 0 Å². The van der Waals surface area contributed by atoms with Crippen LogP contribution in [0.5, 0.6) is 0 Å². The summed E-state index contributed by atoms with van der Waals surface area (Å²) in [5.41, 5.74) is 8.84. The normalized spacial score (nSPS) is 15.2.